The standard InChI is InChI=1S/C27H24N4OS/c1-3-19-14-16-20(17-15-19)24-23(26-29-25(30-32-26)21-10-6-4-7-11-21)18(2)31(27(33)28-24)22-12-8-5-9-13-22/h4-17,24H,3H2,1-2H3,(H,28,33). The molecule has 1 aromatic heterocycles. The maximum absolute atomic E-state index is 5.82. The van der Waals surface area contributed by atoms with Crippen molar-refractivity contribution in [2.75, 3.05) is 4.90 Å². The molecule has 4 aromatic rings. The maximum Gasteiger partial charge on any atom is 0.258 e. The number of allylic oxidation sites excluding steroid dienone is 1. The van der Waals surface area contributed by atoms with Gasteiger partial charge in [-0.2, -0.15) is 4.98 Å². The van der Waals surface area contributed by atoms with E-state index in [0.717, 1.165) is 34.5 Å². The second-order valence-electron chi connectivity index (χ2n) is 7.94. The van der Waals surface area contributed by atoms with E-state index in [0.29, 0.717) is 16.8 Å². The first-order valence-electron chi connectivity index (χ1n) is 11.0. The monoisotopic (exact) mass is 452 g/mol. The third-order valence-corrected chi connectivity index (χ3v) is 6.21. The Hall–Kier alpha value is -3.77. The number of rotatable bonds is 5. The second kappa shape index (κ2) is 9.00. The van der Waals surface area contributed by atoms with Gasteiger partial charge in [0.25, 0.3) is 5.89 Å². The molecule has 1 aliphatic heterocycles. The number of nitrogens with zero attached hydrogens (tertiary/aromatic N) is 3. The molecule has 0 aliphatic carbocycles. The van der Waals surface area contributed by atoms with Crippen LogP contribution in [0.4, 0.5) is 5.69 Å². The Morgan fingerprint density at radius 1 is 0.939 bits per heavy atom. The van der Waals surface area contributed by atoms with Gasteiger partial charge in [-0.3, -0.25) is 4.90 Å². The molecule has 33 heavy (non-hydrogen) atoms. The molecular weight excluding hydrogens is 428 g/mol. The second-order valence-corrected chi connectivity index (χ2v) is 8.32. The minimum Gasteiger partial charge on any atom is -0.351 e. The summed E-state index contributed by atoms with van der Waals surface area (Å²) in [5.41, 5.74) is 6.14. The molecule has 0 fully saturated rings. The molecule has 1 aliphatic rings. The summed E-state index contributed by atoms with van der Waals surface area (Å²) < 4.78 is 5.82. The number of thiocarbonyl (C=S) groups is 1. The molecule has 3 aromatic carbocycles. The van der Waals surface area contributed by atoms with Crippen molar-refractivity contribution in [1.82, 2.24) is 15.5 Å². The number of hydrogen-bond acceptors (Lipinski definition) is 4. The molecule has 0 radical (unpaired) electrons. The van der Waals surface area contributed by atoms with Crippen molar-refractivity contribution in [3.8, 4) is 11.4 Å². The third kappa shape index (κ3) is 4.05. The van der Waals surface area contributed by atoms with Crippen LogP contribution >= 0.6 is 12.2 Å². The van der Waals surface area contributed by atoms with Crippen LogP contribution in [0.3, 0.4) is 0 Å². The molecule has 0 amide bonds. The van der Waals surface area contributed by atoms with E-state index in [-0.39, 0.29) is 6.04 Å². The first-order valence-corrected chi connectivity index (χ1v) is 11.4. The van der Waals surface area contributed by atoms with Gasteiger partial charge in [0.2, 0.25) is 5.82 Å². The Morgan fingerprint density at radius 3 is 2.27 bits per heavy atom. The lowest BCUT2D eigenvalue weighted by molar-refractivity contribution is 0.404. The number of nitrogens with one attached hydrogen (secondary N) is 1. The van der Waals surface area contributed by atoms with Crippen LogP contribution in [0.5, 0.6) is 0 Å². The highest BCUT2D eigenvalue weighted by atomic mass is 32.1. The zero-order valence-corrected chi connectivity index (χ0v) is 19.3. The summed E-state index contributed by atoms with van der Waals surface area (Å²) in [4.78, 5) is 6.79. The van der Waals surface area contributed by atoms with Crippen molar-refractivity contribution in [1.29, 1.82) is 0 Å². The van der Waals surface area contributed by atoms with Gasteiger partial charge in [-0.1, -0.05) is 84.9 Å². The van der Waals surface area contributed by atoms with Crippen molar-refractivity contribution in [2.45, 2.75) is 26.3 Å². The van der Waals surface area contributed by atoms with Crippen LogP contribution < -0.4 is 10.2 Å². The van der Waals surface area contributed by atoms with Gasteiger partial charge in [0.15, 0.2) is 5.11 Å². The summed E-state index contributed by atoms with van der Waals surface area (Å²) in [6.45, 7) is 4.20. The molecule has 1 atom stereocenters. The molecule has 0 bridgehead atoms. The van der Waals surface area contributed by atoms with Crippen LogP contribution in [0.15, 0.2) is 95.1 Å². The molecule has 2 heterocycles. The van der Waals surface area contributed by atoms with Gasteiger partial charge in [-0.25, -0.2) is 0 Å². The largest absolute Gasteiger partial charge is 0.351 e. The number of para-hydroxylation sites is 1. The molecule has 6 heteroatoms. The molecule has 0 saturated carbocycles. The summed E-state index contributed by atoms with van der Waals surface area (Å²) in [5.74, 6) is 1.04. The van der Waals surface area contributed by atoms with Crippen LogP contribution in [0.1, 0.15) is 36.9 Å². The smallest absolute Gasteiger partial charge is 0.258 e. The molecule has 1 unspecified atom stereocenters. The first-order chi connectivity index (χ1) is 16.2. The number of aromatic nitrogens is 2. The molecule has 1 N–H and O–H groups in total. The quantitative estimate of drug-likeness (QED) is 0.366. The van der Waals surface area contributed by atoms with Crippen molar-refractivity contribution in [3.05, 3.63) is 108 Å². The van der Waals surface area contributed by atoms with E-state index >= 15 is 0 Å². The summed E-state index contributed by atoms with van der Waals surface area (Å²) in [6, 6.07) is 28.3. The van der Waals surface area contributed by atoms with Gasteiger partial charge in [0, 0.05) is 16.9 Å². The van der Waals surface area contributed by atoms with Gasteiger partial charge in [0.1, 0.15) is 0 Å². The topological polar surface area (TPSA) is 54.2 Å². The highest BCUT2D eigenvalue weighted by Gasteiger charge is 2.34. The average Bonchev–Trinajstić information content (AvgIpc) is 3.35. The zero-order chi connectivity index (χ0) is 22.8. The average molecular weight is 453 g/mol. The maximum atomic E-state index is 5.82. The van der Waals surface area contributed by atoms with E-state index in [9.17, 15) is 0 Å². The fraction of sp³-hybridized carbons (Fsp3) is 0.148. The van der Waals surface area contributed by atoms with E-state index in [2.05, 4.69) is 48.6 Å². The molecular formula is C27H24N4OS. The van der Waals surface area contributed by atoms with E-state index in [1.807, 2.05) is 65.6 Å². The number of hydrogen-bond donors (Lipinski definition) is 1. The Labute approximate surface area is 198 Å². The third-order valence-electron chi connectivity index (χ3n) is 5.91. The SMILES string of the molecule is CCc1ccc(C2NC(=S)N(c3ccccc3)C(C)=C2c2nc(-c3ccccc3)no2)cc1. The molecule has 5 nitrogen and oxygen atoms in total. The number of benzene rings is 3. The van der Waals surface area contributed by atoms with Crippen LogP contribution in [-0.4, -0.2) is 15.3 Å². The fourth-order valence-corrected chi connectivity index (χ4v) is 4.50. The molecule has 0 spiro atoms. The lowest BCUT2D eigenvalue weighted by atomic mass is 9.93. The normalized spacial score (nSPS) is 16.1. The molecule has 5 rings (SSSR count). The van der Waals surface area contributed by atoms with Gasteiger partial charge in [0.05, 0.1) is 11.6 Å². The lowest BCUT2D eigenvalue weighted by Crippen LogP contribution is -2.46. The summed E-state index contributed by atoms with van der Waals surface area (Å²) in [5, 5.41) is 8.42. The Morgan fingerprint density at radius 2 is 1.61 bits per heavy atom. The Balaban J connectivity index is 1.64. The minimum absolute atomic E-state index is 0.201. The number of aryl methyl sites for hydroxylation is 1. The first kappa shape index (κ1) is 21.1. The Kier molecular flexibility index (Phi) is 5.75. The predicted molar refractivity (Wildman–Crippen MR) is 136 cm³/mol. The lowest BCUT2D eigenvalue weighted by Gasteiger charge is -2.37. The number of anilines is 1. The van der Waals surface area contributed by atoms with Crippen molar-refractivity contribution in [2.24, 2.45) is 0 Å². The van der Waals surface area contributed by atoms with Gasteiger partial charge in [-0.05, 0) is 48.8 Å². The van der Waals surface area contributed by atoms with E-state index < -0.39 is 0 Å². The van der Waals surface area contributed by atoms with Crippen LogP contribution in [-0.2, 0) is 6.42 Å². The van der Waals surface area contributed by atoms with E-state index in [1.54, 1.807) is 0 Å². The van der Waals surface area contributed by atoms with E-state index in [4.69, 9.17) is 21.7 Å². The van der Waals surface area contributed by atoms with Gasteiger partial charge < -0.3 is 9.84 Å². The summed E-state index contributed by atoms with van der Waals surface area (Å²) >= 11 is 5.81. The van der Waals surface area contributed by atoms with Gasteiger partial charge in [-0.15, -0.1) is 0 Å². The molecule has 0 saturated heterocycles. The van der Waals surface area contributed by atoms with Crippen molar-refractivity contribution in [3.63, 3.8) is 0 Å². The highest BCUT2D eigenvalue weighted by molar-refractivity contribution is 7.80. The summed E-state index contributed by atoms with van der Waals surface area (Å²) in [6.07, 6.45) is 0.990. The van der Waals surface area contributed by atoms with E-state index in [1.165, 1.54) is 5.56 Å². The minimum atomic E-state index is -0.201. The summed E-state index contributed by atoms with van der Waals surface area (Å²) in [7, 11) is 0. The highest BCUT2D eigenvalue weighted by Crippen LogP contribution is 2.39. The van der Waals surface area contributed by atoms with Crippen LogP contribution in [0.25, 0.3) is 17.0 Å². The van der Waals surface area contributed by atoms with Crippen LogP contribution in [0.2, 0.25) is 0 Å². The zero-order valence-electron chi connectivity index (χ0n) is 18.5. The molecule has 164 valence electrons. The fourth-order valence-electron chi connectivity index (χ4n) is 4.14. The van der Waals surface area contributed by atoms with Gasteiger partial charge >= 0.3 is 0 Å². The van der Waals surface area contributed by atoms with Crippen LogP contribution in [0, 0.1) is 0 Å². The Bertz CT molecular complexity index is 1300. The van der Waals surface area contributed by atoms with Crippen molar-refractivity contribution < 1.29 is 4.52 Å². The van der Waals surface area contributed by atoms with Crippen molar-refractivity contribution >= 4 is 28.6 Å². The predicted octanol–water partition coefficient (Wildman–Crippen LogP) is 6.17.